The first-order valence-electron chi connectivity index (χ1n) is 10.9. The number of hydrogen-bond donors (Lipinski definition) is 0. The van der Waals surface area contributed by atoms with Crippen molar-refractivity contribution in [3.8, 4) is 11.4 Å². The first-order chi connectivity index (χ1) is 15.3. The van der Waals surface area contributed by atoms with E-state index in [2.05, 4.69) is 41.4 Å². The summed E-state index contributed by atoms with van der Waals surface area (Å²) in [4.78, 5) is 23.4. The van der Waals surface area contributed by atoms with E-state index in [4.69, 9.17) is 21.3 Å². The summed E-state index contributed by atoms with van der Waals surface area (Å²) in [7, 11) is 0. The molecule has 0 atom stereocenters. The normalized spacial score (nSPS) is 13.6. The van der Waals surface area contributed by atoms with Crippen molar-refractivity contribution in [3.63, 3.8) is 0 Å². The number of ether oxygens (including phenoxy) is 1. The van der Waals surface area contributed by atoms with E-state index in [-0.39, 0.29) is 6.09 Å². The molecular formula is C26H28ClN3O2. The molecule has 1 aromatic heterocycles. The highest BCUT2D eigenvalue weighted by molar-refractivity contribution is 6.30. The van der Waals surface area contributed by atoms with Gasteiger partial charge in [0.1, 0.15) is 5.60 Å². The van der Waals surface area contributed by atoms with Crippen molar-refractivity contribution in [1.82, 2.24) is 14.9 Å². The number of hydrogen-bond acceptors (Lipinski definition) is 4. The molecule has 0 unspecified atom stereocenters. The standard InChI is InChI=1S/C26H28ClN3O2/c1-26(2,3)32-25(31)30-15-14-23-21(17-30)16-28-24(29-23)20-10-6-18(7-11-20)4-5-19-8-12-22(27)13-9-19/h6-13,16H,4-5,14-15,17H2,1-3H3. The molecule has 2 heterocycles. The van der Waals surface area contributed by atoms with Gasteiger partial charge in [-0.25, -0.2) is 14.8 Å². The molecule has 0 spiro atoms. The van der Waals surface area contributed by atoms with Crippen LogP contribution < -0.4 is 0 Å². The maximum absolute atomic E-state index is 12.4. The molecule has 5 nitrogen and oxygen atoms in total. The Morgan fingerprint density at radius 3 is 2.28 bits per heavy atom. The minimum Gasteiger partial charge on any atom is -0.444 e. The van der Waals surface area contributed by atoms with Gasteiger partial charge in [-0.1, -0.05) is 48.0 Å². The zero-order valence-corrected chi connectivity index (χ0v) is 19.5. The molecule has 0 radical (unpaired) electrons. The summed E-state index contributed by atoms with van der Waals surface area (Å²) in [6.07, 6.45) is 4.18. The zero-order chi connectivity index (χ0) is 22.7. The van der Waals surface area contributed by atoms with Gasteiger partial charge in [0.2, 0.25) is 0 Å². The summed E-state index contributed by atoms with van der Waals surface area (Å²) >= 11 is 5.96. The summed E-state index contributed by atoms with van der Waals surface area (Å²) in [6, 6.07) is 16.4. The van der Waals surface area contributed by atoms with E-state index in [0.29, 0.717) is 19.5 Å². The highest BCUT2D eigenvalue weighted by Crippen LogP contribution is 2.23. The van der Waals surface area contributed by atoms with Gasteiger partial charge >= 0.3 is 6.09 Å². The number of carbonyl (C=O) groups excluding carboxylic acids is 1. The van der Waals surface area contributed by atoms with Crippen LogP contribution in [-0.2, 0) is 30.5 Å². The summed E-state index contributed by atoms with van der Waals surface area (Å²) in [6.45, 7) is 6.71. The van der Waals surface area contributed by atoms with Gasteiger partial charge < -0.3 is 9.64 Å². The van der Waals surface area contributed by atoms with Crippen LogP contribution in [0.3, 0.4) is 0 Å². The molecular weight excluding hydrogens is 422 g/mol. The van der Waals surface area contributed by atoms with Gasteiger partial charge in [0, 0.05) is 35.3 Å². The Balaban J connectivity index is 1.40. The van der Waals surface area contributed by atoms with E-state index in [9.17, 15) is 4.79 Å². The first-order valence-corrected chi connectivity index (χ1v) is 11.3. The van der Waals surface area contributed by atoms with Gasteiger partial charge in [0.25, 0.3) is 0 Å². The lowest BCUT2D eigenvalue weighted by atomic mass is 10.0. The molecule has 0 fully saturated rings. The molecule has 1 aliphatic heterocycles. The fourth-order valence-electron chi connectivity index (χ4n) is 3.70. The Morgan fingerprint density at radius 2 is 1.66 bits per heavy atom. The van der Waals surface area contributed by atoms with Crippen LogP contribution in [0.15, 0.2) is 54.7 Å². The van der Waals surface area contributed by atoms with Gasteiger partial charge in [0.05, 0.1) is 12.2 Å². The minimum atomic E-state index is -0.501. The molecule has 0 aliphatic carbocycles. The number of fused-ring (bicyclic) bond motifs is 1. The van der Waals surface area contributed by atoms with E-state index in [1.165, 1.54) is 11.1 Å². The third-order valence-corrected chi connectivity index (χ3v) is 5.67. The first kappa shape index (κ1) is 22.3. The zero-order valence-electron chi connectivity index (χ0n) is 18.8. The molecule has 0 bridgehead atoms. The maximum Gasteiger partial charge on any atom is 0.410 e. The third kappa shape index (κ3) is 5.65. The Morgan fingerprint density at radius 1 is 1.03 bits per heavy atom. The Hall–Kier alpha value is -2.92. The smallest absolute Gasteiger partial charge is 0.410 e. The molecule has 4 rings (SSSR count). The second-order valence-electron chi connectivity index (χ2n) is 9.14. The summed E-state index contributed by atoms with van der Waals surface area (Å²) in [5.74, 6) is 0.721. The number of carbonyl (C=O) groups is 1. The van der Waals surface area contributed by atoms with Crippen molar-refractivity contribution < 1.29 is 9.53 Å². The molecule has 32 heavy (non-hydrogen) atoms. The van der Waals surface area contributed by atoms with Crippen LogP contribution in [0.4, 0.5) is 4.79 Å². The lowest BCUT2D eigenvalue weighted by Crippen LogP contribution is -2.40. The summed E-state index contributed by atoms with van der Waals surface area (Å²) < 4.78 is 5.49. The van der Waals surface area contributed by atoms with Crippen LogP contribution in [0.1, 0.15) is 43.2 Å². The van der Waals surface area contributed by atoms with E-state index < -0.39 is 5.60 Å². The van der Waals surface area contributed by atoms with Crippen LogP contribution in [0, 0.1) is 0 Å². The van der Waals surface area contributed by atoms with Gasteiger partial charge in [-0.05, 0) is 56.9 Å². The Kier molecular flexibility index (Phi) is 6.47. The molecule has 0 N–H and O–H groups in total. The number of halogens is 1. The fourth-order valence-corrected chi connectivity index (χ4v) is 3.82. The number of amides is 1. The number of aryl methyl sites for hydroxylation is 2. The molecule has 0 saturated carbocycles. The number of aromatic nitrogens is 2. The SMILES string of the molecule is CC(C)(C)OC(=O)N1CCc2nc(-c3ccc(CCc4ccc(Cl)cc4)cc3)ncc2C1. The summed E-state index contributed by atoms with van der Waals surface area (Å²) in [5, 5.41) is 0.765. The van der Waals surface area contributed by atoms with Crippen molar-refractivity contribution in [2.45, 2.75) is 52.2 Å². The average molecular weight is 450 g/mol. The highest BCUT2D eigenvalue weighted by atomic mass is 35.5. The van der Waals surface area contributed by atoms with Gasteiger partial charge in [-0.3, -0.25) is 0 Å². The van der Waals surface area contributed by atoms with Gasteiger partial charge in [-0.2, -0.15) is 0 Å². The van der Waals surface area contributed by atoms with Crippen LogP contribution in [0.2, 0.25) is 5.02 Å². The number of nitrogens with zero attached hydrogens (tertiary/aromatic N) is 3. The molecule has 1 aliphatic rings. The van der Waals surface area contributed by atoms with E-state index in [1.54, 1.807) is 4.90 Å². The van der Waals surface area contributed by atoms with Crippen LogP contribution in [0.25, 0.3) is 11.4 Å². The van der Waals surface area contributed by atoms with Gasteiger partial charge in [0.15, 0.2) is 5.82 Å². The second kappa shape index (κ2) is 9.29. The van der Waals surface area contributed by atoms with Gasteiger partial charge in [-0.15, -0.1) is 0 Å². The second-order valence-corrected chi connectivity index (χ2v) is 9.58. The lowest BCUT2D eigenvalue weighted by Gasteiger charge is -2.30. The fraction of sp³-hybridized carbons (Fsp3) is 0.346. The predicted molar refractivity (Wildman–Crippen MR) is 127 cm³/mol. The molecule has 2 aromatic carbocycles. The molecule has 166 valence electrons. The Labute approximate surface area is 194 Å². The van der Waals surface area contributed by atoms with E-state index in [0.717, 1.165) is 40.5 Å². The van der Waals surface area contributed by atoms with E-state index >= 15 is 0 Å². The quantitative estimate of drug-likeness (QED) is 0.499. The third-order valence-electron chi connectivity index (χ3n) is 5.41. The van der Waals surface area contributed by atoms with Crippen molar-refractivity contribution >= 4 is 17.7 Å². The molecule has 3 aromatic rings. The van der Waals surface area contributed by atoms with Crippen molar-refractivity contribution in [2.75, 3.05) is 6.54 Å². The highest BCUT2D eigenvalue weighted by Gasteiger charge is 2.26. The average Bonchev–Trinajstić information content (AvgIpc) is 2.77. The van der Waals surface area contributed by atoms with Crippen LogP contribution in [-0.4, -0.2) is 33.1 Å². The Bertz CT molecular complexity index is 1090. The predicted octanol–water partition coefficient (Wildman–Crippen LogP) is 5.88. The summed E-state index contributed by atoms with van der Waals surface area (Å²) in [5.41, 5.74) is 5.02. The maximum atomic E-state index is 12.4. The monoisotopic (exact) mass is 449 g/mol. The lowest BCUT2D eigenvalue weighted by molar-refractivity contribution is 0.0222. The molecule has 6 heteroatoms. The number of rotatable bonds is 4. The topological polar surface area (TPSA) is 55.3 Å². The minimum absolute atomic E-state index is 0.290. The van der Waals surface area contributed by atoms with Crippen molar-refractivity contribution in [3.05, 3.63) is 82.1 Å². The number of benzene rings is 2. The molecule has 1 amide bonds. The van der Waals surface area contributed by atoms with E-state index in [1.807, 2.05) is 39.1 Å². The largest absolute Gasteiger partial charge is 0.444 e. The van der Waals surface area contributed by atoms with Crippen molar-refractivity contribution in [1.29, 1.82) is 0 Å². The van der Waals surface area contributed by atoms with Crippen LogP contribution >= 0.6 is 11.6 Å². The van der Waals surface area contributed by atoms with Crippen LogP contribution in [0.5, 0.6) is 0 Å². The van der Waals surface area contributed by atoms with Crippen molar-refractivity contribution in [2.24, 2.45) is 0 Å². The molecule has 0 saturated heterocycles.